The van der Waals surface area contributed by atoms with Crippen molar-refractivity contribution in [3.05, 3.63) is 47.8 Å². The summed E-state index contributed by atoms with van der Waals surface area (Å²) in [5.74, 6) is -1.41. The van der Waals surface area contributed by atoms with E-state index in [1.807, 2.05) is 44.2 Å². The van der Waals surface area contributed by atoms with Crippen molar-refractivity contribution in [3.63, 3.8) is 0 Å². The minimum atomic E-state index is -1.08. The van der Waals surface area contributed by atoms with E-state index >= 15 is 0 Å². The van der Waals surface area contributed by atoms with Crippen LogP contribution in [0.25, 0.3) is 5.69 Å². The lowest BCUT2D eigenvalue weighted by Crippen LogP contribution is -2.38. The standard InChI is InChI=1S/C16H19N3O3/c1-10(2)14-9-13(15(20)17-11(3)16(21)22)18-19(14)12-7-5-4-6-8-12/h4-11H,1-3H3,(H,17,20)(H,21,22)/t11-/m1/s1. The maximum atomic E-state index is 12.1. The lowest BCUT2D eigenvalue weighted by molar-refractivity contribution is -0.138. The van der Waals surface area contributed by atoms with Crippen LogP contribution in [0.4, 0.5) is 0 Å². The predicted octanol–water partition coefficient (Wildman–Crippen LogP) is 2.20. The van der Waals surface area contributed by atoms with Crippen molar-refractivity contribution in [1.82, 2.24) is 15.1 Å². The van der Waals surface area contributed by atoms with E-state index < -0.39 is 17.9 Å². The van der Waals surface area contributed by atoms with E-state index in [4.69, 9.17) is 5.11 Å². The average Bonchev–Trinajstić information content (AvgIpc) is 2.93. The quantitative estimate of drug-likeness (QED) is 0.886. The molecule has 0 saturated heterocycles. The van der Waals surface area contributed by atoms with Gasteiger partial charge in [-0.15, -0.1) is 0 Å². The number of amides is 1. The summed E-state index contributed by atoms with van der Waals surface area (Å²) < 4.78 is 1.71. The first kappa shape index (κ1) is 15.8. The fourth-order valence-corrected chi connectivity index (χ4v) is 2.03. The molecule has 0 aliphatic carbocycles. The number of hydrogen-bond donors (Lipinski definition) is 2. The van der Waals surface area contributed by atoms with Crippen LogP contribution in [-0.4, -0.2) is 32.8 Å². The van der Waals surface area contributed by atoms with E-state index in [0.717, 1.165) is 11.4 Å². The normalized spacial score (nSPS) is 12.2. The lowest BCUT2D eigenvalue weighted by Gasteiger charge is -2.09. The highest BCUT2D eigenvalue weighted by Gasteiger charge is 2.20. The number of rotatable bonds is 5. The summed E-state index contributed by atoms with van der Waals surface area (Å²) in [7, 11) is 0. The number of hydrogen-bond acceptors (Lipinski definition) is 3. The second-order valence-corrected chi connectivity index (χ2v) is 5.39. The number of benzene rings is 1. The number of carbonyl (C=O) groups excluding carboxylic acids is 1. The Labute approximate surface area is 128 Å². The van der Waals surface area contributed by atoms with E-state index in [-0.39, 0.29) is 11.6 Å². The maximum Gasteiger partial charge on any atom is 0.325 e. The molecule has 1 heterocycles. The third-order valence-corrected chi connectivity index (χ3v) is 3.28. The van der Waals surface area contributed by atoms with Gasteiger partial charge >= 0.3 is 5.97 Å². The molecule has 6 heteroatoms. The van der Waals surface area contributed by atoms with Gasteiger partial charge in [0.15, 0.2) is 5.69 Å². The summed E-state index contributed by atoms with van der Waals surface area (Å²) in [6.07, 6.45) is 0. The minimum Gasteiger partial charge on any atom is -0.480 e. The number of nitrogens with zero attached hydrogens (tertiary/aromatic N) is 2. The topological polar surface area (TPSA) is 84.2 Å². The van der Waals surface area contributed by atoms with Gasteiger partial charge < -0.3 is 10.4 Å². The van der Waals surface area contributed by atoms with Gasteiger partial charge in [0, 0.05) is 5.69 Å². The molecule has 2 aromatic rings. The van der Waals surface area contributed by atoms with Crippen LogP contribution in [-0.2, 0) is 4.79 Å². The molecule has 0 unspecified atom stereocenters. The summed E-state index contributed by atoms with van der Waals surface area (Å²) >= 11 is 0. The number of nitrogens with one attached hydrogen (secondary N) is 1. The SMILES string of the molecule is CC(C)c1cc(C(=O)N[C@H](C)C(=O)O)nn1-c1ccccc1. The first-order chi connectivity index (χ1) is 10.4. The van der Waals surface area contributed by atoms with Crippen LogP contribution in [0.2, 0.25) is 0 Å². The van der Waals surface area contributed by atoms with Crippen molar-refractivity contribution in [2.45, 2.75) is 32.7 Å². The number of carbonyl (C=O) groups is 2. The van der Waals surface area contributed by atoms with Crippen LogP contribution in [0, 0.1) is 0 Å². The van der Waals surface area contributed by atoms with E-state index in [0.29, 0.717) is 0 Å². The van der Waals surface area contributed by atoms with Gasteiger partial charge in [0.2, 0.25) is 0 Å². The molecule has 1 aromatic heterocycles. The Morgan fingerprint density at radius 1 is 1.18 bits per heavy atom. The third-order valence-electron chi connectivity index (χ3n) is 3.28. The van der Waals surface area contributed by atoms with Gasteiger partial charge in [0.25, 0.3) is 5.91 Å². The molecule has 0 bridgehead atoms. The van der Waals surface area contributed by atoms with Gasteiger partial charge in [-0.2, -0.15) is 5.10 Å². The van der Waals surface area contributed by atoms with Crippen molar-refractivity contribution in [2.24, 2.45) is 0 Å². The van der Waals surface area contributed by atoms with E-state index in [1.54, 1.807) is 10.7 Å². The van der Waals surface area contributed by atoms with Crippen molar-refractivity contribution in [2.75, 3.05) is 0 Å². The van der Waals surface area contributed by atoms with Crippen LogP contribution >= 0.6 is 0 Å². The van der Waals surface area contributed by atoms with E-state index in [9.17, 15) is 9.59 Å². The Bertz CT molecular complexity index is 677. The first-order valence-electron chi connectivity index (χ1n) is 7.09. The van der Waals surface area contributed by atoms with Gasteiger partial charge in [0.1, 0.15) is 6.04 Å². The van der Waals surface area contributed by atoms with Crippen LogP contribution in [0.5, 0.6) is 0 Å². The molecule has 0 aliphatic heterocycles. The highest BCUT2D eigenvalue weighted by atomic mass is 16.4. The van der Waals surface area contributed by atoms with Gasteiger partial charge in [-0.25, -0.2) is 4.68 Å². The molecular formula is C16H19N3O3. The molecule has 6 nitrogen and oxygen atoms in total. The molecule has 2 N–H and O–H groups in total. The fraction of sp³-hybridized carbons (Fsp3) is 0.312. The summed E-state index contributed by atoms with van der Waals surface area (Å²) in [5.41, 5.74) is 1.96. The Morgan fingerprint density at radius 3 is 2.36 bits per heavy atom. The zero-order chi connectivity index (χ0) is 16.3. The molecule has 0 spiro atoms. The van der Waals surface area contributed by atoms with E-state index in [1.165, 1.54) is 6.92 Å². The summed E-state index contributed by atoms with van der Waals surface area (Å²) in [6, 6.07) is 10.2. The largest absolute Gasteiger partial charge is 0.480 e. The van der Waals surface area contributed by atoms with Gasteiger partial charge in [0.05, 0.1) is 5.69 Å². The number of carboxylic acid groups (broad SMARTS) is 1. The van der Waals surface area contributed by atoms with Crippen molar-refractivity contribution >= 4 is 11.9 Å². The highest BCUT2D eigenvalue weighted by molar-refractivity contribution is 5.95. The smallest absolute Gasteiger partial charge is 0.325 e. The molecule has 22 heavy (non-hydrogen) atoms. The van der Waals surface area contributed by atoms with Crippen molar-refractivity contribution in [1.29, 1.82) is 0 Å². The summed E-state index contributed by atoms with van der Waals surface area (Å²) in [4.78, 5) is 23.0. The van der Waals surface area contributed by atoms with Crippen molar-refractivity contribution < 1.29 is 14.7 Å². The molecule has 1 atom stereocenters. The Balaban J connectivity index is 2.35. The monoisotopic (exact) mass is 301 g/mol. The zero-order valence-corrected chi connectivity index (χ0v) is 12.8. The molecule has 1 aromatic carbocycles. The van der Waals surface area contributed by atoms with Crippen molar-refractivity contribution in [3.8, 4) is 5.69 Å². The Hall–Kier alpha value is -2.63. The molecule has 0 aliphatic rings. The maximum absolute atomic E-state index is 12.1. The number of para-hydroxylation sites is 1. The number of carboxylic acids is 1. The highest BCUT2D eigenvalue weighted by Crippen LogP contribution is 2.20. The van der Waals surface area contributed by atoms with E-state index in [2.05, 4.69) is 10.4 Å². The molecule has 0 saturated carbocycles. The molecule has 0 fully saturated rings. The minimum absolute atomic E-state index is 0.172. The van der Waals surface area contributed by atoms with Gasteiger partial charge in [-0.05, 0) is 31.0 Å². The molecule has 2 rings (SSSR count). The Kier molecular flexibility index (Phi) is 4.60. The third kappa shape index (κ3) is 3.33. The zero-order valence-electron chi connectivity index (χ0n) is 12.8. The average molecular weight is 301 g/mol. The molecular weight excluding hydrogens is 282 g/mol. The second kappa shape index (κ2) is 6.43. The van der Waals surface area contributed by atoms with Crippen LogP contribution in [0.3, 0.4) is 0 Å². The molecule has 0 radical (unpaired) electrons. The van der Waals surface area contributed by atoms with Crippen LogP contribution in [0.1, 0.15) is 42.9 Å². The first-order valence-corrected chi connectivity index (χ1v) is 7.09. The predicted molar refractivity (Wildman–Crippen MR) is 82.2 cm³/mol. The lowest BCUT2D eigenvalue weighted by atomic mass is 10.1. The van der Waals surface area contributed by atoms with Crippen LogP contribution < -0.4 is 5.32 Å². The number of aromatic nitrogens is 2. The summed E-state index contributed by atoms with van der Waals surface area (Å²) in [5, 5.41) is 15.6. The molecule has 1 amide bonds. The second-order valence-electron chi connectivity index (χ2n) is 5.39. The fourth-order valence-electron chi connectivity index (χ4n) is 2.03. The van der Waals surface area contributed by atoms with Gasteiger partial charge in [-0.3, -0.25) is 9.59 Å². The van der Waals surface area contributed by atoms with Gasteiger partial charge in [-0.1, -0.05) is 32.0 Å². The summed E-state index contributed by atoms with van der Waals surface area (Å²) in [6.45, 7) is 5.44. The Morgan fingerprint density at radius 2 is 1.82 bits per heavy atom. The number of aliphatic carboxylic acids is 1. The van der Waals surface area contributed by atoms with Crippen LogP contribution in [0.15, 0.2) is 36.4 Å². The molecule has 116 valence electrons.